The first-order valence-electron chi connectivity index (χ1n) is 7.12. The summed E-state index contributed by atoms with van der Waals surface area (Å²) in [5.74, 6) is 0.681. The van der Waals surface area contributed by atoms with E-state index in [-0.39, 0.29) is 17.2 Å². The maximum atomic E-state index is 12.2. The van der Waals surface area contributed by atoms with Crippen LogP contribution in [0.1, 0.15) is 35.2 Å². The van der Waals surface area contributed by atoms with Crippen LogP contribution in [0, 0.1) is 28.9 Å². The maximum Gasteiger partial charge on any atom is 0.285 e. The van der Waals surface area contributed by atoms with E-state index in [1.54, 1.807) is 19.1 Å². The van der Waals surface area contributed by atoms with Gasteiger partial charge in [-0.2, -0.15) is 0 Å². The molecular formula is C15H19BrN2O3. The summed E-state index contributed by atoms with van der Waals surface area (Å²) < 4.78 is 0. The van der Waals surface area contributed by atoms with Gasteiger partial charge in [0.15, 0.2) is 0 Å². The van der Waals surface area contributed by atoms with Crippen molar-refractivity contribution in [2.75, 3.05) is 11.9 Å². The Bertz CT molecular complexity index is 548. The largest absolute Gasteiger partial charge is 0.352 e. The predicted molar refractivity (Wildman–Crippen MR) is 84.8 cm³/mol. The van der Waals surface area contributed by atoms with Gasteiger partial charge in [-0.15, -0.1) is 0 Å². The second kappa shape index (κ2) is 7.02. The quantitative estimate of drug-likeness (QED) is 0.500. The van der Waals surface area contributed by atoms with Gasteiger partial charge in [0.05, 0.1) is 4.92 Å². The van der Waals surface area contributed by atoms with Crippen molar-refractivity contribution in [1.29, 1.82) is 0 Å². The third-order valence-corrected chi connectivity index (χ3v) is 5.04. The first kappa shape index (κ1) is 15.9. The molecular weight excluding hydrogens is 336 g/mol. The highest BCUT2D eigenvalue weighted by molar-refractivity contribution is 9.09. The van der Waals surface area contributed by atoms with E-state index in [9.17, 15) is 14.9 Å². The molecule has 0 saturated heterocycles. The molecule has 0 aromatic heterocycles. The Morgan fingerprint density at radius 1 is 1.43 bits per heavy atom. The second-order valence-electron chi connectivity index (χ2n) is 5.54. The molecule has 1 fully saturated rings. The van der Waals surface area contributed by atoms with Gasteiger partial charge in [-0.3, -0.25) is 14.9 Å². The summed E-state index contributed by atoms with van der Waals surface area (Å²) in [6, 6.07) is 4.83. The monoisotopic (exact) mass is 354 g/mol. The molecule has 0 aliphatic heterocycles. The smallest absolute Gasteiger partial charge is 0.285 e. The minimum Gasteiger partial charge on any atom is -0.352 e. The van der Waals surface area contributed by atoms with Crippen LogP contribution in [0.2, 0.25) is 0 Å². The van der Waals surface area contributed by atoms with Gasteiger partial charge in [-0.1, -0.05) is 34.5 Å². The van der Waals surface area contributed by atoms with E-state index in [0.717, 1.165) is 11.8 Å². The number of benzene rings is 1. The molecule has 2 rings (SSSR count). The summed E-state index contributed by atoms with van der Waals surface area (Å²) in [5.41, 5.74) is 0.554. The Morgan fingerprint density at radius 2 is 2.14 bits per heavy atom. The van der Waals surface area contributed by atoms with Gasteiger partial charge in [-0.05, 0) is 37.7 Å². The van der Waals surface area contributed by atoms with Gasteiger partial charge >= 0.3 is 0 Å². The number of amides is 1. The lowest BCUT2D eigenvalue weighted by molar-refractivity contribution is -0.385. The highest BCUT2D eigenvalue weighted by atomic mass is 79.9. The van der Waals surface area contributed by atoms with E-state index in [1.165, 1.54) is 18.9 Å². The summed E-state index contributed by atoms with van der Waals surface area (Å²) >= 11 is 3.51. The number of nitro benzene ring substituents is 1. The fourth-order valence-corrected chi connectivity index (χ4v) is 3.84. The number of nitro groups is 1. The van der Waals surface area contributed by atoms with Crippen molar-refractivity contribution in [3.63, 3.8) is 0 Å². The fourth-order valence-electron chi connectivity index (χ4n) is 2.99. The molecule has 1 aromatic rings. The van der Waals surface area contributed by atoms with Crippen LogP contribution in [0.4, 0.5) is 5.69 Å². The zero-order valence-corrected chi connectivity index (χ0v) is 13.6. The molecule has 5 nitrogen and oxygen atoms in total. The van der Waals surface area contributed by atoms with Crippen molar-refractivity contribution in [2.24, 2.45) is 11.8 Å². The Labute approximate surface area is 132 Å². The summed E-state index contributed by atoms with van der Waals surface area (Å²) in [7, 11) is 0. The third-order valence-electron chi connectivity index (χ3n) is 4.20. The lowest BCUT2D eigenvalue weighted by atomic mass is 9.98. The molecule has 2 atom stereocenters. The van der Waals surface area contributed by atoms with Gasteiger partial charge in [0.25, 0.3) is 11.6 Å². The van der Waals surface area contributed by atoms with Crippen LogP contribution in [0.3, 0.4) is 0 Å². The molecule has 2 unspecified atom stereocenters. The molecule has 6 heteroatoms. The Kier molecular flexibility index (Phi) is 5.33. The van der Waals surface area contributed by atoms with E-state index in [0.29, 0.717) is 23.9 Å². The van der Waals surface area contributed by atoms with Crippen LogP contribution < -0.4 is 5.32 Å². The van der Waals surface area contributed by atoms with E-state index in [2.05, 4.69) is 21.2 Å². The van der Waals surface area contributed by atoms with Crippen LogP contribution >= 0.6 is 15.9 Å². The molecule has 0 spiro atoms. The molecule has 0 heterocycles. The van der Waals surface area contributed by atoms with Gasteiger partial charge in [0.2, 0.25) is 0 Å². The zero-order chi connectivity index (χ0) is 15.4. The number of hydrogen-bond donors (Lipinski definition) is 1. The van der Waals surface area contributed by atoms with Crippen molar-refractivity contribution in [2.45, 2.75) is 26.2 Å². The number of aryl methyl sites for hydroxylation is 1. The number of nitrogens with zero attached hydrogens (tertiary/aromatic N) is 1. The first-order valence-corrected chi connectivity index (χ1v) is 8.25. The normalized spacial score (nSPS) is 21.2. The predicted octanol–water partition coefficient (Wildman–Crippen LogP) is 3.44. The van der Waals surface area contributed by atoms with Crippen molar-refractivity contribution in [3.8, 4) is 0 Å². The number of rotatable bonds is 5. The summed E-state index contributed by atoms with van der Waals surface area (Å²) in [6.45, 7) is 2.23. The molecule has 1 aromatic carbocycles. The molecule has 1 N–H and O–H groups in total. The summed E-state index contributed by atoms with van der Waals surface area (Å²) in [5, 5.41) is 14.9. The van der Waals surface area contributed by atoms with Crippen molar-refractivity contribution >= 4 is 27.5 Å². The van der Waals surface area contributed by atoms with E-state index < -0.39 is 4.92 Å². The van der Waals surface area contributed by atoms with E-state index >= 15 is 0 Å². The van der Waals surface area contributed by atoms with Crippen molar-refractivity contribution in [1.82, 2.24) is 5.32 Å². The average Bonchev–Trinajstić information content (AvgIpc) is 2.91. The third kappa shape index (κ3) is 3.61. The SMILES string of the molecule is Cc1cccc(C(=O)NCC2CCCC2CBr)c1[N+](=O)[O-]. The lowest BCUT2D eigenvalue weighted by Crippen LogP contribution is -2.31. The first-order chi connectivity index (χ1) is 10.0. The number of carbonyl (C=O) groups excluding carboxylic acids is 1. The maximum absolute atomic E-state index is 12.2. The minimum atomic E-state index is -0.485. The molecule has 1 amide bonds. The Morgan fingerprint density at radius 3 is 2.81 bits per heavy atom. The van der Waals surface area contributed by atoms with Gasteiger partial charge in [0, 0.05) is 17.4 Å². The average molecular weight is 355 g/mol. The molecule has 1 aliphatic rings. The van der Waals surface area contributed by atoms with Crippen LogP contribution in [0.25, 0.3) is 0 Å². The molecule has 1 aliphatic carbocycles. The molecule has 21 heavy (non-hydrogen) atoms. The number of para-hydroxylation sites is 1. The zero-order valence-electron chi connectivity index (χ0n) is 12.0. The fraction of sp³-hybridized carbons (Fsp3) is 0.533. The lowest BCUT2D eigenvalue weighted by Gasteiger charge is -2.17. The summed E-state index contributed by atoms with van der Waals surface area (Å²) in [6.07, 6.45) is 3.46. The van der Waals surface area contributed by atoms with Gasteiger partial charge in [0.1, 0.15) is 5.56 Å². The number of nitrogens with one attached hydrogen (secondary N) is 1. The van der Waals surface area contributed by atoms with Crippen LogP contribution in [-0.4, -0.2) is 22.7 Å². The van der Waals surface area contributed by atoms with E-state index in [4.69, 9.17) is 0 Å². The molecule has 1 saturated carbocycles. The molecule has 114 valence electrons. The van der Waals surface area contributed by atoms with Gasteiger partial charge in [-0.25, -0.2) is 0 Å². The van der Waals surface area contributed by atoms with Crippen LogP contribution in [0.5, 0.6) is 0 Å². The van der Waals surface area contributed by atoms with E-state index in [1.807, 2.05) is 0 Å². The van der Waals surface area contributed by atoms with Crippen LogP contribution in [0.15, 0.2) is 18.2 Å². The number of alkyl halides is 1. The van der Waals surface area contributed by atoms with Crippen molar-refractivity contribution in [3.05, 3.63) is 39.4 Å². The Hall–Kier alpha value is -1.43. The highest BCUT2D eigenvalue weighted by Gasteiger charge is 2.28. The summed E-state index contributed by atoms with van der Waals surface area (Å²) in [4.78, 5) is 22.9. The van der Waals surface area contributed by atoms with Crippen molar-refractivity contribution < 1.29 is 9.72 Å². The second-order valence-corrected chi connectivity index (χ2v) is 6.19. The molecule has 0 bridgehead atoms. The number of hydrogen-bond acceptors (Lipinski definition) is 3. The van der Waals surface area contributed by atoms with Crippen LogP contribution in [-0.2, 0) is 0 Å². The van der Waals surface area contributed by atoms with Gasteiger partial charge < -0.3 is 5.32 Å². The number of halogens is 1. The number of carbonyl (C=O) groups is 1. The minimum absolute atomic E-state index is 0.0986. The highest BCUT2D eigenvalue weighted by Crippen LogP contribution is 2.32. The standard InChI is InChI=1S/C15H19BrN2O3/c1-10-4-2-7-13(14(10)18(20)21)15(19)17-9-12-6-3-5-11(12)8-16/h2,4,7,11-12H,3,5-6,8-9H2,1H3,(H,17,19). The Balaban J connectivity index is 2.07. The molecule has 0 radical (unpaired) electrons. The topological polar surface area (TPSA) is 72.2 Å².